The van der Waals surface area contributed by atoms with E-state index in [1.54, 1.807) is 0 Å². The zero-order valence-corrected chi connectivity index (χ0v) is 12.2. The van der Waals surface area contributed by atoms with Gasteiger partial charge in [-0.05, 0) is 26.3 Å². The van der Waals surface area contributed by atoms with Crippen molar-refractivity contribution in [1.82, 2.24) is 0 Å². The largest absolute Gasteiger partial charge is 0.0988 e. The van der Waals surface area contributed by atoms with E-state index in [-0.39, 0.29) is 5.41 Å². The van der Waals surface area contributed by atoms with E-state index in [1.165, 1.54) is 22.3 Å². The number of aryl methyl sites for hydroxylation is 1. The molecule has 96 valence electrons. The molecule has 0 aliphatic rings. The summed E-state index contributed by atoms with van der Waals surface area (Å²) in [5, 5.41) is 0. The summed E-state index contributed by atoms with van der Waals surface area (Å²) in [7, 11) is 0. The summed E-state index contributed by atoms with van der Waals surface area (Å²) >= 11 is 0. The van der Waals surface area contributed by atoms with E-state index in [9.17, 15) is 0 Å². The van der Waals surface area contributed by atoms with Gasteiger partial charge in [0.15, 0.2) is 0 Å². The maximum absolute atomic E-state index is 3.77. The molecule has 0 aliphatic carbocycles. The van der Waals surface area contributed by atoms with E-state index in [0.717, 1.165) is 0 Å². The van der Waals surface area contributed by atoms with Crippen LogP contribution in [0.25, 0.3) is 0 Å². The summed E-state index contributed by atoms with van der Waals surface area (Å²) in [5.41, 5.74) is 5.26. The Bertz CT molecular complexity index is 467. The molecule has 0 heteroatoms. The van der Waals surface area contributed by atoms with Crippen molar-refractivity contribution in [3.05, 3.63) is 71.3 Å². The highest BCUT2D eigenvalue weighted by atomic mass is 14.3. The predicted molar refractivity (Wildman–Crippen MR) is 81.9 cm³/mol. The van der Waals surface area contributed by atoms with Crippen molar-refractivity contribution in [2.45, 2.75) is 40.0 Å². The van der Waals surface area contributed by atoms with Gasteiger partial charge in [-0.2, -0.15) is 0 Å². The Morgan fingerprint density at radius 2 is 1.61 bits per heavy atom. The lowest BCUT2D eigenvalue weighted by Gasteiger charge is -2.26. The van der Waals surface area contributed by atoms with Gasteiger partial charge in [-0.3, -0.25) is 0 Å². The van der Waals surface area contributed by atoms with Crippen molar-refractivity contribution in [2.75, 3.05) is 0 Å². The Hall–Kier alpha value is -1.56. The van der Waals surface area contributed by atoms with E-state index >= 15 is 0 Å². The van der Waals surface area contributed by atoms with Crippen molar-refractivity contribution in [2.24, 2.45) is 0 Å². The molecule has 0 unspecified atom stereocenters. The molecule has 0 fully saturated rings. The first kappa shape index (κ1) is 14.5. The predicted octanol–water partition coefficient (Wildman–Crippen LogP) is 5.35. The number of rotatable bonds is 4. The average molecular weight is 240 g/mol. The molecule has 0 spiro atoms. The molecule has 1 rings (SSSR count). The third-order valence-corrected chi connectivity index (χ3v) is 3.68. The molecule has 0 nitrogen and oxygen atoms in total. The van der Waals surface area contributed by atoms with Crippen molar-refractivity contribution >= 4 is 0 Å². The Balaban J connectivity index is 3.05. The summed E-state index contributed by atoms with van der Waals surface area (Å²) in [4.78, 5) is 0. The van der Waals surface area contributed by atoms with Crippen LogP contribution in [0.1, 0.15) is 38.8 Å². The fourth-order valence-corrected chi connectivity index (χ4v) is 1.73. The average Bonchev–Trinajstić information content (AvgIpc) is 2.35. The molecule has 0 amide bonds. The normalized spacial score (nSPS) is 13.6. The number of allylic oxidation sites excluding steroid dienone is 5. The fourth-order valence-electron chi connectivity index (χ4n) is 1.73. The van der Waals surface area contributed by atoms with Crippen LogP contribution >= 0.6 is 0 Å². The van der Waals surface area contributed by atoms with Gasteiger partial charge in [0, 0.05) is 5.41 Å². The molecule has 0 atom stereocenters. The highest BCUT2D eigenvalue weighted by molar-refractivity contribution is 5.37. The Morgan fingerprint density at radius 3 is 2.11 bits per heavy atom. The van der Waals surface area contributed by atoms with Crippen molar-refractivity contribution in [3.8, 4) is 0 Å². The molecule has 0 saturated heterocycles. The smallest absolute Gasteiger partial charge is 0.0105 e. The van der Waals surface area contributed by atoms with Crippen molar-refractivity contribution in [1.29, 1.82) is 0 Å². The highest BCUT2D eigenvalue weighted by Crippen LogP contribution is 2.31. The topological polar surface area (TPSA) is 0 Å². The molecule has 0 N–H and O–H groups in total. The Kier molecular flexibility index (Phi) is 4.72. The quantitative estimate of drug-likeness (QED) is 0.622. The third kappa shape index (κ3) is 3.46. The fraction of sp³-hybridized carbons (Fsp3) is 0.333. The van der Waals surface area contributed by atoms with Gasteiger partial charge in [-0.15, -0.1) is 0 Å². The van der Waals surface area contributed by atoms with E-state index in [0.29, 0.717) is 0 Å². The molecule has 1 aromatic carbocycles. The maximum Gasteiger partial charge on any atom is 0.0105 e. The lowest BCUT2D eigenvalue weighted by Crippen LogP contribution is -2.18. The summed E-state index contributed by atoms with van der Waals surface area (Å²) in [6, 6.07) is 8.79. The summed E-state index contributed by atoms with van der Waals surface area (Å²) < 4.78 is 0. The van der Waals surface area contributed by atoms with Crippen LogP contribution in [0.2, 0.25) is 0 Å². The number of hydrogen-bond donors (Lipinski definition) is 0. The van der Waals surface area contributed by atoms with Gasteiger partial charge in [0.2, 0.25) is 0 Å². The molecule has 0 aromatic heterocycles. The molecular weight excluding hydrogens is 216 g/mol. The van der Waals surface area contributed by atoms with Crippen molar-refractivity contribution < 1.29 is 0 Å². The van der Waals surface area contributed by atoms with Gasteiger partial charge >= 0.3 is 0 Å². The third-order valence-electron chi connectivity index (χ3n) is 3.68. The standard InChI is InChI=1S/C18H24/c1-7-14(2)8-11-16(4)18(5,6)17-12-9-15(3)10-13-17/h7-13H,1H2,2-6H3/b14-8-,16-11+. The highest BCUT2D eigenvalue weighted by Gasteiger charge is 2.21. The van der Waals surface area contributed by atoms with Crippen molar-refractivity contribution in [3.63, 3.8) is 0 Å². The molecule has 18 heavy (non-hydrogen) atoms. The van der Waals surface area contributed by atoms with Gasteiger partial charge < -0.3 is 0 Å². The minimum absolute atomic E-state index is 0.0612. The molecule has 0 saturated carbocycles. The SMILES string of the molecule is C=C/C(C)=C\C=C(/C)C(C)(C)c1ccc(C)cc1. The van der Waals surface area contributed by atoms with Crippen LogP contribution in [0.4, 0.5) is 0 Å². The molecule has 0 radical (unpaired) electrons. The van der Waals surface area contributed by atoms with Gasteiger partial charge in [0.25, 0.3) is 0 Å². The molecule has 0 aliphatic heterocycles. The van der Waals surface area contributed by atoms with Gasteiger partial charge in [-0.25, -0.2) is 0 Å². The summed E-state index contributed by atoms with van der Waals surface area (Å²) in [5.74, 6) is 0. The van der Waals surface area contributed by atoms with Crippen LogP contribution in [0.15, 0.2) is 60.2 Å². The molecule has 1 aromatic rings. The first-order chi connectivity index (χ1) is 8.37. The van der Waals surface area contributed by atoms with E-state index in [2.05, 4.69) is 77.6 Å². The lowest BCUT2D eigenvalue weighted by atomic mass is 9.78. The van der Waals surface area contributed by atoms with Crippen LogP contribution < -0.4 is 0 Å². The van der Waals surface area contributed by atoms with Gasteiger partial charge in [0.1, 0.15) is 0 Å². The van der Waals surface area contributed by atoms with Gasteiger partial charge in [0.05, 0.1) is 0 Å². The molecule has 0 heterocycles. The van der Waals surface area contributed by atoms with Crippen LogP contribution in [0.3, 0.4) is 0 Å². The van der Waals surface area contributed by atoms with Crippen LogP contribution in [-0.2, 0) is 5.41 Å². The minimum Gasteiger partial charge on any atom is -0.0988 e. The monoisotopic (exact) mass is 240 g/mol. The summed E-state index contributed by atoms with van der Waals surface area (Å²) in [6.07, 6.45) is 6.19. The minimum atomic E-state index is 0.0612. The summed E-state index contributed by atoms with van der Waals surface area (Å²) in [6.45, 7) is 14.7. The molecule has 0 bridgehead atoms. The second-order valence-electron chi connectivity index (χ2n) is 5.46. The lowest BCUT2D eigenvalue weighted by molar-refractivity contribution is 0.623. The second kappa shape index (κ2) is 5.86. The number of hydrogen-bond acceptors (Lipinski definition) is 0. The first-order valence-electron chi connectivity index (χ1n) is 6.43. The zero-order valence-electron chi connectivity index (χ0n) is 12.2. The maximum atomic E-state index is 3.77. The second-order valence-corrected chi connectivity index (χ2v) is 5.46. The Labute approximate surface area is 112 Å². The molecular formula is C18H24. The first-order valence-corrected chi connectivity index (χ1v) is 6.43. The van der Waals surface area contributed by atoms with E-state index < -0.39 is 0 Å². The van der Waals surface area contributed by atoms with Crippen LogP contribution in [0.5, 0.6) is 0 Å². The van der Waals surface area contributed by atoms with Crippen LogP contribution in [0, 0.1) is 6.92 Å². The van der Waals surface area contributed by atoms with E-state index in [4.69, 9.17) is 0 Å². The Morgan fingerprint density at radius 1 is 1.06 bits per heavy atom. The van der Waals surface area contributed by atoms with E-state index in [1.807, 2.05) is 6.08 Å². The number of benzene rings is 1. The van der Waals surface area contributed by atoms with Crippen LogP contribution in [-0.4, -0.2) is 0 Å². The van der Waals surface area contributed by atoms with Gasteiger partial charge in [-0.1, -0.05) is 79.6 Å². The zero-order chi connectivity index (χ0) is 13.8.